The number of nitrogens with zero attached hydrogens (tertiary/aromatic N) is 1. The van der Waals surface area contributed by atoms with Gasteiger partial charge in [-0.2, -0.15) is 13.2 Å². The number of hydrogen-bond acceptors (Lipinski definition) is 6. The largest absolute Gasteiger partial charge is 0.497 e. The fraction of sp³-hybridized carbons (Fsp3) is 0.136. The summed E-state index contributed by atoms with van der Waals surface area (Å²) < 4.78 is 50.3. The zero-order valence-electron chi connectivity index (χ0n) is 17.9. The second-order valence-electron chi connectivity index (χ2n) is 6.63. The number of hydroxylamine groups is 1. The summed E-state index contributed by atoms with van der Waals surface area (Å²) in [6, 6.07) is 11.1. The maximum Gasteiger partial charge on any atom is 0.418 e. The summed E-state index contributed by atoms with van der Waals surface area (Å²) >= 11 is 0. The molecule has 0 aliphatic heterocycles. The van der Waals surface area contributed by atoms with Gasteiger partial charge < -0.3 is 20.1 Å². The molecule has 3 aromatic rings. The zero-order chi connectivity index (χ0) is 24.7. The van der Waals surface area contributed by atoms with E-state index in [0.717, 1.165) is 18.2 Å². The number of methoxy groups -OCH3 is 1. The molecule has 0 spiro atoms. The van der Waals surface area contributed by atoms with Crippen molar-refractivity contribution >= 4 is 23.3 Å². The molecule has 9 nitrogen and oxygen atoms in total. The third kappa shape index (κ3) is 6.36. The molecular formula is C22H19F3N4O5. The lowest BCUT2D eigenvalue weighted by Crippen LogP contribution is -2.22. The first kappa shape index (κ1) is 24.3. The number of urea groups is 1. The lowest BCUT2D eigenvalue weighted by atomic mass is 10.1. The molecule has 0 unspecified atom stereocenters. The number of alkyl halides is 3. The van der Waals surface area contributed by atoms with Crippen LogP contribution in [0.15, 0.2) is 60.8 Å². The van der Waals surface area contributed by atoms with Crippen molar-refractivity contribution in [1.82, 2.24) is 10.5 Å². The van der Waals surface area contributed by atoms with E-state index in [0.29, 0.717) is 17.2 Å². The summed E-state index contributed by atoms with van der Waals surface area (Å²) in [5, 5.41) is 4.63. The standard InChI is InChI=1S/C22H19F3N4O5/c1-32-15-7-8-17(22(23,24)25)18(11-15)28-21(31)27-13-3-5-14(6-4-13)34-16-9-10-26-19(12-16)20(30)29-33-2/h3-12H,1-2H3,(H,29,30)(H2,27,28,31). The highest BCUT2D eigenvalue weighted by molar-refractivity contribution is 6.00. The molecule has 1 heterocycles. The molecule has 12 heteroatoms. The van der Waals surface area contributed by atoms with Gasteiger partial charge in [-0.1, -0.05) is 0 Å². The first-order valence-corrected chi connectivity index (χ1v) is 9.60. The first-order valence-electron chi connectivity index (χ1n) is 9.60. The van der Waals surface area contributed by atoms with Crippen LogP contribution >= 0.6 is 0 Å². The molecule has 0 atom stereocenters. The van der Waals surface area contributed by atoms with E-state index in [4.69, 9.17) is 9.47 Å². The second-order valence-corrected chi connectivity index (χ2v) is 6.63. The van der Waals surface area contributed by atoms with Gasteiger partial charge in [-0.3, -0.25) is 14.6 Å². The van der Waals surface area contributed by atoms with Crippen LogP contribution in [0.25, 0.3) is 0 Å². The minimum Gasteiger partial charge on any atom is -0.497 e. The Morgan fingerprint density at radius 2 is 1.59 bits per heavy atom. The fourth-order valence-electron chi connectivity index (χ4n) is 2.77. The van der Waals surface area contributed by atoms with Gasteiger partial charge in [0.05, 0.1) is 25.5 Å². The van der Waals surface area contributed by atoms with E-state index in [9.17, 15) is 22.8 Å². The summed E-state index contributed by atoms with van der Waals surface area (Å²) in [5.41, 5.74) is 1.06. The van der Waals surface area contributed by atoms with Crippen LogP contribution in [0, 0.1) is 0 Å². The van der Waals surface area contributed by atoms with Gasteiger partial charge in [0.1, 0.15) is 22.9 Å². The van der Waals surface area contributed by atoms with E-state index in [-0.39, 0.29) is 11.4 Å². The van der Waals surface area contributed by atoms with E-state index >= 15 is 0 Å². The average Bonchev–Trinajstić information content (AvgIpc) is 2.80. The number of nitrogens with one attached hydrogen (secondary N) is 3. The molecule has 34 heavy (non-hydrogen) atoms. The van der Waals surface area contributed by atoms with Crippen molar-refractivity contribution in [2.45, 2.75) is 6.18 Å². The van der Waals surface area contributed by atoms with Crippen LogP contribution in [-0.4, -0.2) is 31.1 Å². The van der Waals surface area contributed by atoms with Crippen LogP contribution < -0.4 is 25.6 Å². The predicted octanol–water partition coefficient (Wildman–Crippen LogP) is 4.84. The molecule has 0 saturated carbocycles. The molecular weight excluding hydrogens is 457 g/mol. The molecule has 3 rings (SSSR count). The molecule has 3 amide bonds. The van der Waals surface area contributed by atoms with Crippen molar-refractivity contribution in [1.29, 1.82) is 0 Å². The molecule has 0 bridgehead atoms. The summed E-state index contributed by atoms with van der Waals surface area (Å²) in [4.78, 5) is 32.5. The molecule has 3 N–H and O–H groups in total. The fourth-order valence-corrected chi connectivity index (χ4v) is 2.77. The number of benzene rings is 2. The monoisotopic (exact) mass is 476 g/mol. The van der Waals surface area contributed by atoms with E-state index in [1.165, 1.54) is 56.8 Å². The van der Waals surface area contributed by atoms with Crippen molar-refractivity contribution in [3.8, 4) is 17.2 Å². The van der Waals surface area contributed by atoms with Crippen molar-refractivity contribution in [2.75, 3.05) is 24.9 Å². The topological polar surface area (TPSA) is 111 Å². The Morgan fingerprint density at radius 3 is 2.24 bits per heavy atom. The van der Waals surface area contributed by atoms with Gasteiger partial charge in [-0.15, -0.1) is 0 Å². The first-order chi connectivity index (χ1) is 16.2. The van der Waals surface area contributed by atoms with Crippen molar-refractivity contribution in [3.05, 3.63) is 72.1 Å². The summed E-state index contributed by atoms with van der Waals surface area (Å²) in [5.74, 6) is 0.307. The molecule has 1 aromatic heterocycles. The van der Waals surface area contributed by atoms with Crippen LogP contribution in [0.2, 0.25) is 0 Å². The van der Waals surface area contributed by atoms with Crippen LogP contribution in [0.4, 0.5) is 29.3 Å². The Morgan fingerprint density at radius 1 is 0.882 bits per heavy atom. The predicted molar refractivity (Wildman–Crippen MR) is 116 cm³/mol. The third-order valence-electron chi connectivity index (χ3n) is 4.29. The smallest absolute Gasteiger partial charge is 0.418 e. The maximum atomic E-state index is 13.2. The molecule has 0 aliphatic rings. The molecule has 0 aliphatic carbocycles. The Hall–Kier alpha value is -4.32. The zero-order valence-corrected chi connectivity index (χ0v) is 17.9. The number of amides is 3. The number of halogens is 3. The lowest BCUT2D eigenvalue weighted by molar-refractivity contribution is -0.136. The number of hydrogen-bond donors (Lipinski definition) is 3. The van der Waals surface area contributed by atoms with Crippen molar-refractivity contribution < 1.29 is 37.1 Å². The van der Waals surface area contributed by atoms with Gasteiger partial charge in [0.25, 0.3) is 5.91 Å². The highest BCUT2D eigenvalue weighted by Gasteiger charge is 2.34. The normalized spacial score (nSPS) is 10.9. The van der Waals surface area contributed by atoms with Gasteiger partial charge in [0, 0.05) is 24.0 Å². The maximum absolute atomic E-state index is 13.2. The quantitative estimate of drug-likeness (QED) is 0.421. The summed E-state index contributed by atoms with van der Waals surface area (Å²) in [6.45, 7) is 0. The molecule has 0 radical (unpaired) electrons. The lowest BCUT2D eigenvalue weighted by Gasteiger charge is -2.15. The SMILES string of the molecule is CONC(=O)c1cc(Oc2ccc(NC(=O)Nc3cc(OC)ccc3C(F)(F)F)cc2)ccn1. The Kier molecular flexibility index (Phi) is 7.53. The highest BCUT2D eigenvalue weighted by atomic mass is 19.4. The Balaban J connectivity index is 1.66. The van der Waals surface area contributed by atoms with Gasteiger partial charge in [-0.25, -0.2) is 10.3 Å². The molecule has 2 aromatic carbocycles. The number of pyridine rings is 1. The minimum absolute atomic E-state index is 0.0741. The average molecular weight is 476 g/mol. The number of ether oxygens (including phenoxy) is 2. The number of carbonyl (C=O) groups excluding carboxylic acids is 2. The second kappa shape index (κ2) is 10.5. The van der Waals surface area contributed by atoms with Crippen LogP contribution in [-0.2, 0) is 11.0 Å². The third-order valence-corrected chi connectivity index (χ3v) is 4.29. The van der Waals surface area contributed by atoms with Gasteiger partial charge in [0.2, 0.25) is 0 Å². The number of anilines is 2. The highest BCUT2D eigenvalue weighted by Crippen LogP contribution is 2.37. The number of aromatic nitrogens is 1. The van der Waals surface area contributed by atoms with Crippen molar-refractivity contribution in [2.24, 2.45) is 0 Å². The number of rotatable bonds is 7. The molecule has 178 valence electrons. The number of carbonyl (C=O) groups is 2. The minimum atomic E-state index is -4.66. The van der Waals surface area contributed by atoms with Gasteiger partial charge in [-0.05, 0) is 42.5 Å². The van der Waals surface area contributed by atoms with Crippen LogP contribution in [0.1, 0.15) is 16.1 Å². The molecule has 0 saturated heterocycles. The molecule has 0 fully saturated rings. The summed E-state index contributed by atoms with van der Waals surface area (Å²) in [7, 11) is 2.59. The van der Waals surface area contributed by atoms with Gasteiger partial charge in [0.15, 0.2) is 0 Å². The van der Waals surface area contributed by atoms with E-state index in [1.54, 1.807) is 0 Å². The van der Waals surface area contributed by atoms with Crippen LogP contribution in [0.3, 0.4) is 0 Å². The van der Waals surface area contributed by atoms with E-state index < -0.39 is 29.4 Å². The Bertz CT molecular complexity index is 1170. The van der Waals surface area contributed by atoms with Crippen LogP contribution in [0.5, 0.6) is 17.2 Å². The summed E-state index contributed by atoms with van der Waals surface area (Å²) in [6.07, 6.45) is -3.28. The van der Waals surface area contributed by atoms with Gasteiger partial charge >= 0.3 is 12.2 Å². The Labute approximate surface area is 191 Å². The van der Waals surface area contributed by atoms with E-state index in [2.05, 4.69) is 25.9 Å². The van der Waals surface area contributed by atoms with E-state index in [1.807, 2.05) is 0 Å². The van der Waals surface area contributed by atoms with Crippen molar-refractivity contribution in [3.63, 3.8) is 0 Å².